The molecule has 0 saturated carbocycles. The normalized spacial score (nSPS) is 11.9. The van der Waals surface area contributed by atoms with Crippen molar-refractivity contribution in [2.45, 2.75) is 58.0 Å². The Morgan fingerprint density at radius 2 is 1.71 bits per heavy atom. The summed E-state index contributed by atoms with van der Waals surface area (Å²) in [6, 6.07) is 15.6. The first-order valence-corrected chi connectivity index (χ1v) is 12.8. The number of carbonyl (C=O) groups is 4. The zero-order valence-corrected chi connectivity index (χ0v) is 21.1. The average molecular weight is 518 g/mol. The van der Waals surface area contributed by atoms with E-state index < -0.39 is 5.97 Å². The van der Waals surface area contributed by atoms with Gasteiger partial charge in [0.25, 0.3) is 0 Å². The van der Waals surface area contributed by atoms with Gasteiger partial charge in [0, 0.05) is 36.9 Å². The van der Waals surface area contributed by atoms with Crippen LogP contribution in [0.15, 0.2) is 48.5 Å². The van der Waals surface area contributed by atoms with E-state index in [1.807, 2.05) is 53.2 Å². The molecule has 2 aromatic carbocycles. The molecule has 0 radical (unpaired) electrons. The molecule has 2 heterocycles. The van der Waals surface area contributed by atoms with Crippen molar-refractivity contribution >= 4 is 29.8 Å². The number of aliphatic carboxylic acids is 1. The number of benzene rings is 2. The van der Waals surface area contributed by atoms with Crippen LogP contribution in [-0.2, 0) is 32.3 Å². The molecule has 2 N–H and O–H groups in total. The highest BCUT2D eigenvalue weighted by Crippen LogP contribution is 2.41. The van der Waals surface area contributed by atoms with E-state index in [1.54, 1.807) is 4.90 Å². The summed E-state index contributed by atoms with van der Waals surface area (Å²) in [5.74, 6) is -1.38. The summed E-state index contributed by atoms with van der Waals surface area (Å²) in [6.07, 6.45) is 4.43. The average Bonchev–Trinajstić information content (AvgIpc) is 3.32. The number of anilines is 1. The van der Waals surface area contributed by atoms with Gasteiger partial charge in [0.05, 0.1) is 17.9 Å². The molecule has 1 aliphatic heterocycles. The zero-order chi connectivity index (χ0) is 26.9. The molecule has 0 saturated heterocycles. The van der Waals surface area contributed by atoms with Gasteiger partial charge in [-0.3, -0.25) is 14.4 Å². The van der Waals surface area contributed by atoms with E-state index in [0.717, 1.165) is 47.2 Å². The fourth-order valence-electron chi connectivity index (χ4n) is 4.65. The zero-order valence-electron chi connectivity index (χ0n) is 21.1. The molecule has 3 aromatic rings. The van der Waals surface area contributed by atoms with Crippen LogP contribution in [0.25, 0.3) is 22.5 Å². The quantitative estimate of drug-likeness (QED) is 0.277. The molecule has 0 fully saturated rings. The van der Waals surface area contributed by atoms with E-state index >= 15 is 0 Å². The molecule has 10 nitrogen and oxygen atoms in total. The first kappa shape index (κ1) is 26.7. The van der Waals surface area contributed by atoms with Gasteiger partial charge in [0.2, 0.25) is 11.8 Å². The van der Waals surface area contributed by atoms with Crippen molar-refractivity contribution in [2.24, 2.45) is 0 Å². The van der Waals surface area contributed by atoms with E-state index in [0.29, 0.717) is 38.0 Å². The van der Waals surface area contributed by atoms with Gasteiger partial charge in [-0.05, 0) is 30.9 Å². The Morgan fingerprint density at radius 3 is 2.50 bits per heavy atom. The standard InChI is InChI=1S/C28H31N5O5/c34-17-9-7-15-25(36)32-19-20-10-3-4-11-21(20)28-27(22-12-5-6-13-23(22)32)30-31-33(28)16-8-1-2-14-24(35)29-18-26(37)38/h3-6,10-13,17H,1-2,7-9,14-16,18-19H2,(H,29,35)(H,37,38). The number of hydrogen-bond donors (Lipinski definition) is 2. The maximum atomic E-state index is 13.3. The number of para-hydroxylation sites is 1. The van der Waals surface area contributed by atoms with Crippen LogP contribution in [0.3, 0.4) is 0 Å². The molecular weight excluding hydrogens is 486 g/mol. The Bertz CT molecular complexity index is 1320. The van der Waals surface area contributed by atoms with Crippen LogP contribution in [0.1, 0.15) is 50.5 Å². The fraction of sp³-hybridized carbons (Fsp3) is 0.357. The number of aryl methyl sites for hydroxylation is 1. The predicted octanol–water partition coefficient (Wildman–Crippen LogP) is 3.59. The number of unbranched alkanes of at least 4 members (excludes halogenated alkanes) is 3. The molecule has 1 aromatic heterocycles. The summed E-state index contributed by atoms with van der Waals surface area (Å²) in [7, 11) is 0. The number of carboxylic acid groups (broad SMARTS) is 1. The van der Waals surface area contributed by atoms with E-state index in [1.165, 1.54) is 0 Å². The predicted molar refractivity (Wildman–Crippen MR) is 141 cm³/mol. The highest BCUT2D eigenvalue weighted by Gasteiger charge is 2.28. The van der Waals surface area contributed by atoms with Crippen LogP contribution < -0.4 is 10.2 Å². The Morgan fingerprint density at radius 1 is 0.947 bits per heavy atom. The summed E-state index contributed by atoms with van der Waals surface area (Å²) < 4.78 is 1.89. The lowest BCUT2D eigenvalue weighted by Crippen LogP contribution is -2.31. The van der Waals surface area contributed by atoms with Crippen molar-refractivity contribution < 1.29 is 24.3 Å². The lowest BCUT2D eigenvalue weighted by molar-refractivity contribution is -0.138. The molecule has 1 aliphatic rings. The Balaban J connectivity index is 1.57. The lowest BCUT2D eigenvalue weighted by Gasteiger charge is -2.28. The largest absolute Gasteiger partial charge is 0.480 e. The van der Waals surface area contributed by atoms with Crippen LogP contribution >= 0.6 is 0 Å². The number of aromatic nitrogens is 3. The third-order valence-electron chi connectivity index (χ3n) is 6.51. The van der Waals surface area contributed by atoms with Crippen LogP contribution in [-0.4, -0.2) is 50.7 Å². The van der Waals surface area contributed by atoms with Crippen LogP contribution in [0.4, 0.5) is 5.69 Å². The number of nitrogens with zero attached hydrogens (tertiary/aromatic N) is 4. The smallest absolute Gasteiger partial charge is 0.322 e. The maximum Gasteiger partial charge on any atom is 0.322 e. The summed E-state index contributed by atoms with van der Waals surface area (Å²) in [6.45, 7) is 0.625. The van der Waals surface area contributed by atoms with Crippen molar-refractivity contribution in [3.05, 3.63) is 54.1 Å². The first-order valence-electron chi connectivity index (χ1n) is 12.8. The first-order chi connectivity index (χ1) is 18.5. The van der Waals surface area contributed by atoms with Gasteiger partial charge >= 0.3 is 5.97 Å². The van der Waals surface area contributed by atoms with Gasteiger partial charge < -0.3 is 20.1 Å². The number of fused-ring (bicyclic) bond motifs is 5. The number of nitrogens with one attached hydrogen (secondary N) is 1. The minimum atomic E-state index is -1.06. The maximum absolute atomic E-state index is 13.3. The van der Waals surface area contributed by atoms with Gasteiger partial charge in [-0.1, -0.05) is 54.1 Å². The van der Waals surface area contributed by atoms with Gasteiger partial charge in [0.15, 0.2) is 0 Å². The van der Waals surface area contributed by atoms with Crippen LogP contribution in [0, 0.1) is 0 Å². The summed E-state index contributed by atoms with van der Waals surface area (Å²) in [5, 5.41) is 20.1. The highest BCUT2D eigenvalue weighted by molar-refractivity contribution is 6.00. The van der Waals surface area contributed by atoms with E-state index in [9.17, 15) is 19.2 Å². The van der Waals surface area contributed by atoms with Gasteiger partial charge in [-0.25, -0.2) is 4.68 Å². The number of aldehydes is 1. The molecule has 0 bridgehead atoms. The molecule has 0 aliphatic carbocycles. The second-order valence-electron chi connectivity index (χ2n) is 9.20. The fourth-order valence-corrected chi connectivity index (χ4v) is 4.65. The van der Waals surface area contributed by atoms with Crippen molar-refractivity contribution in [1.82, 2.24) is 20.3 Å². The number of carbonyl (C=O) groups excluding carboxylic acids is 3. The minimum Gasteiger partial charge on any atom is -0.480 e. The summed E-state index contributed by atoms with van der Waals surface area (Å²) in [5.41, 5.74) is 5.11. The Hall–Kier alpha value is -4.34. The molecule has 0 spiro atoms. The number of hydrogen-bond acceptors (Lipinski definition) is 6. The van der Waals surface area contributed by atoms with E-state index in [2.05, 4.69) is 15.6 Å². The van der Waals surface area contributed by atoms with E-state index in [4.69, 9.17) is 5.11 Å². The Labute approximate surface area is 220 Å². The molecule has 2 amide bonds. The molecule has 4 rings (SSSR count). The molecular formula is C28H31N5O5. The third-order valence-corrected chi connectivity index (χ3v) is 6.51. The SMILES string of the molecule is O=CCCCC(=O)N1Cc2ccccc2-c2c(nnn2CCCCCC(=O)NCC(=O)O)-c2ccccc21. The monoisotopic (exact) mass is 517 g/mol. The number of amides is 2. The Kier molecular flexibility index (Phi) is 8.97. The van der Waals surface area contributed by atoms with Gasteiger partial charge in [0.1, 0.15) is 18.5 Å². The van der Waals surface area contributed by atoms with E-state index in [-0.39, 0.29) is 31.2 Å². The highest BCUT2D eigenvalue weighted by atomic mass is 16.4. The molecule has 38 heavy (non-hydrogen) atoms. The molecule has 10 heteroatoms. The second kappa shape index (κ2) is 12.8. The van der Waals surface area contributed by atoms with Crippen LogP contribution in [0.5, 0.6) is 0 Å². The van der Waals surface area contributed by atoms with Crippen molar-refractivity contribution in [2.75, 3.05) is 11.4 Å². The van der Waals surface area contributed by atoms with Crippen molar-refractivity contribution in [3.8, 4) is 22.5 Å². The molecule has 198 valence electrons. The second-order valence-corrected chi connectivity index (χ2v) is 9.20. The van der Waals surface area contributed by atoms with Crippen molar-refractivity contribution in [3.63, 3.8) is 0 Å². The molecule has 0 unspecified atom stereocenters. The van der Waals surface area contributed by atoms with Gasteiger partial charge in [-0.2, -0.15) is 0 Å². The van der Waals surface area contributed by atoms with Crippen LogP contribution in [0.2, 0.25) is 0 Å². The number of rotatable bonds is 12. The summed E-state index contributed by atoms with van der Waals surface area (Å²) >= 11 is 0. The van der Waals surface area contributed by atoms with Crippen molar-refractivity contribution in [1.29, 1.82) is 0 Å². The lowest BCUT2D eigenvalue weighted by atomic mass is 9.95. The number of carboxylic acids is 1. The van der Waals surface area contributed by atoms with Gasteiger partial charge in [-0.15, -0.1) is 5.10 Å². The molecule has 0 atom stereocenters. The topological polar surface area (TPSA) is 134 Å². The minimum absolute atomic E-state index is 0.0441. The third kappa shape index (κ3) is 6.31. The summed E-state index contributed by atoms with van der Waals surface area (Å²) in [4.78, 5) is 48.2.